The Labute approximate surface area is 154 Å². The fraction of sp³-hybridized carbons (Fsp3) is 0.100. The van der Waals surface area contributed by atoms with Crippen LogP contribution in [0.15, 0.2) is 71.8 Å². The molecule has 0 aliphatic carbocycles. The van der Waals surface area contributed by atoms with Crippen LogP contribution < -0.4 is 0 Å². The summed E-state index contributed by atoms with van der Waals surface area (Å²) in [5.41, 5.74) is 4.15. The Morgan fingerprint density at radius 2 is 1.64 bits per heavy atom. The van der Waals surface area contributed by atoms with Gasteiger partial charge in [-0.2, -0.15) is 5.26 Å². The molecule has 0 saturated heterocycles. The molecule has 3 aromatic rings. The Kier molecular flexibility index (Phi) is 5.64. The van der Waals surface area contributed by atoms with Crippen LogP contribution >= 0.6 is 11.8 Å². The second-order valence-electron chi connectivity index (χ2n) is 5.41. The molecule has 3 nitrogen and oxygen atoms in total. The van der Waals surface area contributed by atoms with Crippen molar-refractivity contribution in [1.82, 2.24) is 4.98 Å². The molecule has 1 unspecified atom stereocenters. The van der Waals surface area contributed by atoms with Crippen molar-refractivity contribution >= 4 is 22.6 Å². The molecule has 124 valence electrons. The first-order chi connectivity index (χ1) is 12.2. The normalized spacial score (nSPS) is 11.7. The third-order valence-corrected chi connectivity index (χ3v) is 5.98. The molecule has 0 bridgehead atoms. The van der Waals surface area contributed by atoms with Crippen molar-refractivity contribution in [2.75, 3.05) is 11.3 Å². The molecule has 25 heavy (non-hydrogen) atoms. The van der Waals surface area contributed by atoms with Gasteiger partial charge in [-0.1, -0.05) is 72.4 Å². The monoisotopic (exact) mass is 364 g/mol. The van der Waals surface area contributed by atoms with E-state index in [1.807, 2.05) is 66.7 Å². The summed E-state index contributed by atoms with van der Waals surface area (Å²) in [4.78, 5) is 4.68. The quantitative estimate of drug-likeness (QED) is 0.615. The van der Waals surface area contributed by atoms with E-state index in [4.69, 9.17) is 0 Å². The van der Waals surface area contributed by atoms with Crippen molar-refractivity contribution in [2.45, 2.75) is 5.03 Å². The largest absolute Gasteiger partial charge is 0.259 e. The number of aromatic nitrogens is 1. The van der Waals surface area contributed by atoms with E-state index in [9.17, 15) is 9.47 Å². The molecule has 1 heterocycles. The number of nitrogens with zero attached hydrogens (tertiary/aromatic N) is 2. The Balaban J connectivity index is 2.20. The van der Waals surface area contributed by atoms with Crippen molar-refractivity contribution < 1.29 is 4.21 Å². The van der Waals surface area contributed by atoms with Gasteiger partial charge in [-0.05, 0) is 11.6 Å². The van der Waals surface area contributed by atoms with Gasteiger partial charge >= 0.3 is 0 Å². The Hall–Kier alpha value is -2.42. The van der Waals surface area contributed by atoms with Crippen molar-refractivity contribution in [1.29, 1.82) is 5.26 Å². The highest BCUT2D eigenvalue weighted by Crippen LogP contribution is 2.34. The summed E-state index contributed by atoms with van der Waals surface area (Å²) in [7, 11) is -0.965. The predicted octanol–water partition coefficient (Wildman–Crippen LogP) is 4.72. The van der Waals surface area contributed by atoms with Crippen LogP contribution in [0.4, 0.5) is 0 Å². The smallest absolute Gasteiger partial charge is 0.116 e. The third-order valence-electron chi connectivity index (χ3n) is 3.61. The second kappa shape index (κ2) is 8.11. The molecule has 0 amide bonds. The molecule has 0 aliphatic rings. The minimum Gasteiger partial charge on any atom is -0.259 e. The van der Waals surface area contributed by atoms with Crippen molar-refractivity contribution in [3.63, 3.8) is 0 Å². The lowest BCUT2D eigenvalue weighted by Crippen LogP contribution is -1.98. The maximum absolute atomic E-state index is 11.5. The first kappa shape index (κ1) is 17.4. The molecule has 0 aliphatic heterocycles. The van der Waals surface area contributed by atoms with Gasteiger partial charge in [0.15, 0.2) is 0 Å². The SMILES string of the molecule is CS(=O)CSc1nc(-c2ccccc2)cc(-c2ccccc2)c1C#N. The second-order valence-corrected chi connectivity index (χ2v) is 8.18. The molecule has 3 rings (SSSR count). The molecule has 0 saturated carbocycles. The zero-order valence-electron chi connectivity index (χ0n) is 13.7. The van der Waals surface area contributed by atoms with Crippen LogP contribution in [0.25, 0.3) is 22.4 Å². The van der Waals surface area contributed by atoms with Crippen LogP contribution in [0.3, 0.4) is 0 Å². The van der Waals surface area contributed by atoms with Gasteiger partial charge in [0.25, 0.3) is 0 Å². The van der Waals surface area contributed by atoms with E-state index < -0.39 is 10.8 Å². The fourth-order valence-electron chi connectivity index (χ4n) is 2.48. The highest BCUT2D eigenvalue weighted by molar-refractivity contribution is 8.10. The molecule has 0 spiro atoms. The minimum absolute atomic E-state index is 0.411. The Morgan fingerprint density at radius 1 is 1.04 bits per heavy atom. The lowest BCUT2D eigenvalue weighted by atomic mass is 9.99. The van der Waals surface area contributed by atoms with E-state index in [0.29, 0.717) is 15.7 Å². The van der Waals surface area contributed by atoms with Gasteiger partial charge in [-0.15, -0.1) is 0 Å². The summed E-state index contributed by atoms with van der Waals surface area (Å²) < 4.78 is 11.5. The van der Waals surface area contributed by atoms with Gasteiger partial charge in [0.1, 0.15) is 11.1 Å². The van der Waals surface area contributed by atoms with Gasteiger partial charge in [-0.3, -0.25) is 4.21 Å². The highest BCUT2D eigenvalue weighted by atomic mass is 32.2. The van der Waals surface area contributed by atoms with Gasteiger partial charge in [0.2, 0.25) is 0 Å². The van der Waals surface area contributed by atoms with E-state index in [2.05, 4.69) is 11.1 Å². The Bertz CT molecular complexity index is 935. The summed E-state index contributed by atoms with van der Waals surface area (Å²) >= 11 is 1.36. The molecule has 5 heteroatoms. The summed E-state index contributed by atoms with van der Waals surface area (Å²) in [6.45, 7) is 0. The molecular weight excluding hydrogens is 348 g/mol. The molecule has 2 aromatic carbocycles. The van der Waals surface area contributed by atoms with Crippen LogP contribution in [0.5, 0.6) is 0 Å². The van der Waals surface area contributed by atoms with E-state index in [1.54, 1.807) is 6.26 Å². The first-order valence-electron chi connectivity index (χ1n) is 7.68. The maximum Gasteiger partial charge on any atom is 0.116 e. The van der Waals surface area contributed by atoms with E-state index >= 15 is 0 Å². The van der Waals surface area contributed by atoms with Gasteiger partial charge in [0.05, 0.1) is 16.3 Å². The van der Waals surface area contributed by atoms with E-state index in [1.165, 1.54) is 11.8 Å². The number of hydrogen-bond acceptors (Lipinski definition) is 4. The number of thioether (sulfide) groups is 1. The number of pyridine rings is 1. The van der Waals surface area contributed by atoms with Crippen LogP contribution in [0.1, 0.15) is 5.56 Å². The predicted molar refractivity (Wildman–Crippen MR) is 105 cm³/mol. The van der Waals surface area contributed by atoms with Crippen LogP contribution in [-0.2, 0) is 10.8 Å². The lowest BCUT2D eigenvalue weighted by Gasteiger charge is -2.12. The molecule has 1 aromatic heterocycles. The average molecular weight is 364 g/mol. The van der Waals surface area contributed by atoms with Crippen molar-refractivity contribution in [2.24, 2.45) is 0 Å². The maximum atomic E-state index is 11.5. The summed E-state index contributed by atoms with van der Waals surface area (Å²) in [6.07, 6.45) is 1.65. The van der Waals surface area contributed by atoms with E-state index in [0.717, 1.165) is 22.4 Å². The molecule has 0 N–H and O–H groups in total. The average Bonchev–Trinajstić information content (AvgIpc) is 2.67. The van der Waals surface area contributed by atoms with Crippen LogP contribution in [0.2, 0.25) is 0 Å². The zero-order chi connectivity index (χ0) is 17.6. The molecular formula is C20H16N2OS2. The minimum atomic E-state index is -0.965. The molecule has 0 radical (unpaired) electrons. The number of rotatable bonds is 5. The van der Waals surface area contributed by atoms with Gasteiger partial charge in [0, 0.05) is 28.2 Å². The summed E-state index contributed by atoms with van der Waals surface area (Å²) in [6, 6.07) is 23.9. The number of benzene rings is 2. The summed E-state index contributed by atoms with van der Waals surface area (Å²) in [5, 5.41) is 10.7. The van der Waals surface area contributed by atoms with E-state index in [-0.39, 0.29) is 0 Å². The summed E-state index contributed by atoms with van der Waals surface area (Å²) in [5.74, 6) is 0. The zero-order valence-corrected chi connectivity index (χ0v) is 15.3. The highest BCUT2D eigenvalue weighted by Gasteiger charge is 2.16. The standard InChI is InChI=1S/C20H16N2OS2/c1-25(23)14-24-20-18(13-21)17(15-8-4-2-5-9-15)12-19(22-20)16-10-6-3-7-11-16/h2-12H,14H2,1H3. The molecule has 0 fully saturated rings. The lowest BCUT2D eigenvalue weighted by molar-refractivity contribution is 0.689. The number of nitriles is 1. The molecule has 1 atom stereocenters. The first-order valence-corrected chi connectivity index (χ1v) is 10.4. The van der Waals surface area contributed by atoms with Gasteiger partial charge in [-0.25, -0.2) is 4.98 Å². The third kappa shape index (κ3) is 4.16. The van der Waals surface area contributed by atoms with Crippen LogP contribution in [-0.4, -0.2) is 20.5 Å². The fourth-order valence-corrected chi connectivity index (χ4v) is 4.05. The van der Waals surface area contributed by atoms with Crippen molar-refractivity contribution in [3.05, 3.63) is 72.3 Å². The van der Waals surface area contributed by atoms with Crippen molar-refractivity contribution in [3.8, 4) is 28.5 Å². The topological polar surface area (TPSA) is 53.8 Å². The van der Waals surface area contributed by atoms with Gasteiger partial charge < -0.3 is 0 Å². The number of hydrogen-bond donors (Lipinski definition) is 0. The Morgan fingerprint density at radius 3 is 2.20 bits per heavy atom. The van der Waals surface area contributed by atoms with Crippen LogP contribution in [0, 0.1) is 11.3 Å².